The van der Waals surface area contributed by atoms with Crippen LogP contribution in [0.1, 0.15) is 22.9 Å². The summed E-state index contributed by atoms with van der Waals surface area (Å²) in [6.45, 7) is 0.245. The number of fused-ring (bicyclic) bond motifs is 4. The van der Waals surface area contributed by atoms with Crippen LogP contribution in [-0.2, 0) is 11.2 Å². The highest BCUT2D eigenvalue weighted by molar-refractivity contribution is 5.88. The quantitative estimate of drug-likeness (QED) is 0.663. The van der Waals surface area contributed by atoms with Gasteiger partial charge in [-0.2, -0.15) is 0 Å². The highest BCUT2D eigenvalue weighted by Crippen LogP contribution is 2.39. The summed E-state index contributed by atoms with van der Waals surface area (Å²) in [5.74, 6) is 1.49. The van der Waals surface area contributed by atoms with E-state index in [0.717, 1.165) is 28.3 Å². The van der Waals surface area contributed by atoms with Crippen molar-refractivity contribution in [3.05, 3.63) is 59.3 Å². The molecule has 0 spiro atoms. The highest BCUT2D eigenvalue weighted by atomic mass is 16.7. The zero-order valence-corrected chi connectivity index (χ0v) is 14.3. The number of carbonyl (C=O) groups excluding carboxylic acids is 1. The molecular weight excluding hydrogens is 330 g/mol. The van der Waals surface area contributed by atoms with Crippen LogP contribution < -0.4 is 20.1 Å². The molecule has 1 aromatic heterocycles. The van der Waals surface area contributed by atoms with E-state index in [2.05, 4.69) is 27.8 Å². The fourth-order valence-electron chi connectivity index (χ4n) is 3.93. The molecule has 6 heteroatoms. The van der Waals surface area contributed by atoms with Crippen LogP contribution in [0.25, 0.3) is 10.9 Å². The van der Waals surface area contributed by atoms with Gasteiger partial charge >= 0.3 is 0 Å². The summed E-state index contributed by atoms with van der Waals surface area (Å²) in [4.78, 5) is 15.9. The number of para-hydroxylation sites is 1. The topological polar surface area (TPSA) is 75.4 Å². The van der Waals surface area contributed by atoms with E-state index in [1.807, 2.05) is 30.3 Å². The van der Waals surface area contributed by atoms with Crippen LogP contribution >= 0.6 is 0 Å². The summed E-state index contributed by atoms with van der Waals surface area (Å²) in [5.41, 5.74) is 4.42. The van der Waals surface area contributed by atoms with Gasteiger partial charge in [0.1, 0.15) is 0 Å². The lowest BCUT2D eigenvalue weighted by atomic mass is 9.90. The number of aromatic amines is 1. The first-order valence-electron chi connectivity index (χ1n) is 8.71. The predicted molar refractivity (Wildman–Crippen MR) is 97.4 cm³/mol. The van der Waals surface area contributed by atoms with Crippen molar-refractivity contribution in [1.29, 1.82) is 0 Å². The summed E-state index contributed by atoms with van der Waals surface area (Å²) in [6, 6.07) is 13.7. The van der Waals surface area contributed by atoms with Gasteiger partial charge in [0.05, 0.1) is 12.1 Å². The Morgan fingerprint density at radius 1 is 1.15 bits per heavy atom. The third kappa shape index (κ3) is 2.26. The lowest BCUT2D eigenvalue weighted by molar-refractivity contribution is -0.122. The number of H-pyrrole nitrogens is 1. The number of ether oxygens (including phenoxy) is 2. The summed E-state index contributed by atoms with van der Waals surface area (Å²) in [6.07, 6.45) is 0.653. The van der Waals surface area contributed by atoms with Crippen LogP contribution in [-0.4, -0.2) is 30.8 Å². The molecular formula is C20H19N3O3. The third-order valence-corrected chi connectivity index (χ3v) is 5.20. The van der Waals surface area contributed by atoms with Crippen molar-refractivity contribution >= 4 is 16.8 Å². The maximum Gasteiger partial charge on any atom is 0.237 e. The molecule has 0 fully saturated rings. The van der Waals surface area contributed by atoms with E-state index in [9.17, 15) is 4.79 Å². The van der Waals surface area contributed by atoms with Gasteiger partial charge in [0.2, 0.25) is 12.7 Å². The van der Waals surface area contributed by atoms with Gasteiger partial charge in [0.15, 0.2) is 11.5 Å². The molecule has 3 aromatic rings. The molecule has 3 heterocycles. The molecule has 5 rings (SSSR count). The molecule has 132 valence electrons. The molecule has 2 aliphatic rings. The second kappa shape index (κ2) is 5.78. The van der Waals surface area contributed by atoms with Crippen molar-refractivity contribution in [1.82, 2.24) is 15.6 Å². The molecule has 0 bridgehead atoms. The molecule has 0 saturated carbocycles. The second-order valence-corrected chi connectivity index (χ2v) is 6.65. The van der Waals surface area contributed by atoms with E-state index in [0.29, 0.717) is 6.42 Å². The number of hydrogen-bond donors (Lipinski definition) is 3. The number of carbonyl (C=O) groups is 1. The zero-order valence-electron chi connectivity index (χ0n) is 14.3. The fourth-order valence-corrected chi connectivity index (χ4v) is 3.93. The van der Waals surface area contributed by atoms with Gasteiger partial charge in [-0.25, -0.2) is 0 Å². The number of rotatable bonds is 2. The molecule has 2 aliphatic heterocycles. The summed E-state index contributed by atoms with van der Waals surface area (Å²) >= 11 is 0. The molecule has 2 atom stereocenters. The van der Waals surface area contributed by atoms with Gasteiger partial charge in [0.25, 0.3) is 0 Å². The van der Waals surface area contributed by atoms with E-state index >= 15 is 0 Å². The monoisotopic (exact) mass is 349 g/mol. The van der Waals surface area contributed by atoms with Gasteiger partial charge in [-0.05, 0) is 35.7 Å². The minimum Gasteiger partial charge on any atom is -0.454 e. The van der Waals surface area contributed by atoms with Gasteiger partial charge in [-0.15, -0.1) is 0 Å². The molecule has 0 radical (unpaired) electrons. The molecule has 26 heavy (non-hydrogen) atoms. The predicted octanol–water partition coefficient (Wildman–Crippen LogP) is 2.25. The van der Waals surface area contributed by atoms with Crippen LogP contribution in [0.4, 0.5) is 0 Å². The first-order chi connectivity index (χ1) is 12.7. The van der Waals surface area contributed by atoms with Crippen LogP contribution in [0.15, 0.2) is 42.5 Å². The van der Waals surface area contributed by atoms with Gasteiger partial charge in [-0.3, -0.25) is 10.1 Å². The SMILES string of the molecule is CNC(=O)C1Cc2c([nH]c3ccccc23)C(c2ccc3c(c2)OCO3)N1. The average molecular weight is 349 g/mol. The molecule has 6 nitrogen and oxygen atoms in total. The standard InChI is InChI=1S/C20H19N3O3/c1-21-20(24)15-9-13-12-4-2-3-5-14(12)22-19(13)18(23-15)11-6-7-16-17(8-11)26-10-25-16/h2-8,15,18,22-23H,9-10H2,1H3,(H,21,24). The van der Waals surface area contributed by atoms with Crippen LogP contribution in [0.2, 0.25) is 0 Å². The van der Waals surface area contributed by atoms with Crippen LogP contribution in [0.5, 0.6) is 11.5 Å². The number of hydrogen-bond acceptors (Lipinski definition) is 4. The summed E-state index contributed by atoms with van der Waals surface area (Å²) in [7, 11) is 1.67. The Morgan fingerprint density at radius 3 is 2.88 bits per heavy atom. The van der Waals surface area contributed by atoms with E-state index in [4.69, 9.17) is 9.47 Å². The Balaban J connectivity index is 1.65. The van der Waals surface area contributed by atoms with E-state index < -0.39 is 0 Å². The van der Waals surface area contributed by atoms with Gasteiger partial charge in [0, 0.05) is 23.6 Å². The van der Waals surface area contributed by atoms with Gasteiger partial charge in [-0.1, -0.05) is 24.3 Å². The Labute approximate surface area is 150 Å². The highest BCUT2D eigenvalue weighted by Gasteiger charge is 2.34. The Morgan fingerprint density at radius 2 is 2.00 bits per heavy atom. The van der Waals surface area contributed by atoms with Crippen molar-refractivity contribution in [2.24, 2.45) is 0 Å². The molecule has 1 amide bonds. The Bertz CT molecular complexity index is 1010. The number of likely N-dealkylation sites (N-methyl/N-ethyl adjacent to an activating group) is 1. The van der Waals surface area contributed by atoms with Crippen molar-refractivity contribution in [2.45, 2.75) is 18.5 Å². The van der Waals surface area contributed by atoms with E-state index in [1.165, 1.54) is 10.9 Å². The van der Waals surface area contributed by atoms with E-state index in [1.54, 1.807) is 7.05 Å². The average Bonchev–Trinajstić information content (AvgIpc) is 3.30. The molecule has 2 aromatic carbocycles. The second-order valence-electron chi connectivity index (χ2n) is 6.65. The van der Waals surface area contributed by atoms with Crippen molar-refractivity contribution in [3.63, 3.8) is 0 Å². The van der Waals surface area contributed by atoms with Crippen molar-refractivity contribution in [2.75, 3.05) is 13.8 Å². The summed E-state index contributed by atoms with van der Waals surface area (Å²) in [5, 5.41) is 7.42. The number of aromatic nitrogens is 1. The third-order valence-electron chi connectivity index (χ3n) is 5.20. The first kappa shape index (κ1) is 15.3. The molecule has 2 unspecified atom stereocenters. The molecule has 0 aliphatic carbocycles. The molecule has 0 saturated heterocycles. The zero-order chi connectivity index (χ0) is 17.7. The first-order valence-corrected chi connectivity index (χ1v) is 8.71. The fraction of sp³-hybridized carbons (Fsp3) is 0.250. The number of nitrogens with one attached hydrogen (secondary N) is 3. The Kier molecular flexibility index (Phi) is 3.39. The van der Waals surface area contributed by atoms with Crippen molar-refractivity contribution in [3.8, 4) is 11.5 Å². The summed E-state index contributed by atoms with van der Waals surface area (Å²) < 4.78 is 11.0. The maximum atomic E-state index is 12.4. The maximum absolute atomic E-state index is 12.4. The lowest BCUT2D eigenvalue weighted by Gasteiger charge is -2.31. The smallest absolute Gasteiger partial charge is 0.237 e. The number of amides is 1. The minimum absolute atomic E-state index is 0.00771. The van der Waals surface area contributed by atoms with Crippen LogP contribution in [0.3, 0.4) is 0 Å². The largest absolute Gasteiger partial charge is 0.454 e. The Hall–Kier alpha value is -2.99. The molecule has 3 N–H and O–H groups in total. The van der Waals surface area contributed by atoms with Crippen molar-refractivity contribution < 1.29 is 14.3 Å². The number of benzene rings is 2. The lowest BCUT2D eigenvalue weighted by Crippen LogP contribution is -2.49. The minimum atomic E-state index is -0.290. The van der Waals surface area contributed by atoms with Crippen LogP contribution in [0, 0.1) is 0 Å². The normalized spacial score (nSPS) is 20.8. The van der Waals surface area contributed by atoms with Gasteiger partial charge < -0.3 is 19.8 Å². The van der Waals surface area contributed by atoms with E-state index in [-0.39, 0.29) is 24.8 Å².